The van der Waals surface area contributed by atoms with Gasteiger partial charge in [-0.2, -0.15) is 0 Å². The molecule has 2 aliphatic carbocycles. The Labute approximate surface area is 218 Å². The van der Waals surface area contributed by atoms with Crippen LogP contribution in [0.2, 0.25) is 0 Å². The predicted octanol–water partition coefficient (Wildman–Crippen LogP) is 3.54. The number of benzene rings is 2. The molecule has 2 aromatic rings. The summed E-state index contributed by atoms with van der Waals surface area (Å²) in [6.07, 6.45) is 2.14. The fourth-order valence-electron chi connectivity index (χ4n) is 6.57. The normalized spacial score (nSPS) is 36.1. The number of fused-ring (bicyclic) bond motifs is 5. The van der Waals surface area contributed by atoms with Crippen molar-refractivity contribution in [2.75, 3.05) is 5.45 Å². The summed E-state index contributed by atoms with van der Waals surface area (Å²) in [7, 11) is 0. The van der Waals surface area contributed by atoms with Gasteiger partial charge in [-0.15, -0.1) is 23.2 Å². The second kappa shape index (κ2) is 7.54. The Morgan fingerprint density at radius 1 is 1.00 bits per heavy atom. The second-order valence-corrected chi connectivity index (χ2v) is 11.3. The van der Waals surface area contributed by atoms with Crippen molar-refractivity contribution in [3.63, 3.8) is 0 Å². The largest absolute Gasteiger partial charge is 0.507 e. The van der Waals surface area contributed by atoms with Gasteiger partial charge in [0.1, 0.15) is 5.75 Å². The summed E-state index contributed by atoms with van der Waals surface area (Å²) in [6, 6.07) is 10.4. The van der Waals surface area contributed by atoms with Crippen molar-refractivity contribution in [3.05, 3.63) is 53.6 Å². The Kier molecular flexibility index (Phi) is 4.96. The molecule has 4 amide bonds. The maximum absolute atomic E-state index is 13.8. The number of nitrogens with one attached hydrogen (secondary N) is 1. The highest BCUT2D eigenvalue weighted by Crippen LogP contribution is 2.65. The summed E-state index contributed by atoms with van der Waals surface area (Å²) in [5.74, 6) is -4.62. The molecule has 6 unspecified atom stereocenters. The van der Waals surface area contributed by atoms with Crippen molar-refractivity contribution in [1.82, 2.24) is 10.2 Å². The van der Waals surface area contributed by atoms with Crippen molar-refractivity contribution in [1.29, 1.82) is 0 Å². The third-order valence-electron chi connectivity index (χ3n) is 8.10. The Morgan fingerprint density at radius 3 is 2.43 bits per heavy atom. The molecule has 180 valence electrons. The van der Waals surface area contributed by atoms with E-state index in [1.807, 2.05) is 12.1 Å². The SMILES string of the molecule is O=C1NC(=O)C2C1CC=C1C2CC2(Cl)C(=O)N(CBr)C(=O)C2(Cl)C1c1ccc(O)c2ccccc12. The number of carbonyl (C=O) groups excluding carboxylic acids is 4. The Bertz CT molecular complexity index is 1400. The first-order valence-corrected chi connectivity index (χ1v) is 13.1. The second-order valence-electron chi connectivity index (χ2n) is 9.56. The van der Waals surface area contributed by atoms with Gasteiger partial charge in [-0.3, -0.25) is 29.4 Å². The number of phenols is 1. The molecule has 0 spiro atoms. The fraction of sp³-hybridized carbons (Fsp3) is 0.360. The molecule has 3 fully saturated rings. The van der Waals surface area contributed by atoms with E-state index in [-0.39, 0.29) is 23.5 Å². The zero-order chi connectivity index (χ0) is 24.9. The summed E-state index contributed by atoms with van der Waals surface area (Å²) < 4.78 is 0. The fourth-order valence-corrected chi connectivity index (χ4v) is 7.98. The monoisotopic (exact) mass is 576 g/mol. The van der Waals surface area contributed by atoms with Gasteiger partial charge in [0.2, 0.25) is 11.8 Å². The van der Waals surface area contributed by atoms with Crippen molar-refractivity contribution in [2.24, 2.45) is 17.8 Å². The van der Waals surface area contributed by atoms with E-state index >= 15 is 0 Å². The van der Waals surface area contributed by atoms with Crippen LogP contribution in [0.4, 0.5) is 0 Å². The van der Waals surface area contributed by atoms with Crippen molar-refractivity contribution in [3.8, 4) is 5.75 Å². The van der Waals surface area contributed by atoms with Gasteiger partial charge in [0.15, 0.2) is 9.75 Å². The summed E-state index contributed by atoms with van der Waals surface area (Å²) >= 11 is 17.6. The number of halogens is 3. The van der Waals surface area contributed by atoms with Gasteiger partial charge in [0.25, 0.3) is 11.8 Å². The van der Waals surface area contributed by atoms with Crippen LogP contribution < -0.4 is 5.32 Å². The van der Waals surface area contributed by atoms with E-state index in [9.17, 15) is 24.3 Å². The first-order valence-electron chi connectivity index (χ1n) is 11.2. The number of alkyl halides is 3. The van der Waals surface area contributed by atoms with Crippen LogP contribution in [0.5, 0.6) is 5.75 Å². The first-order chi connectivity index (χ1) is 16.6. The molecule has 0 radical (unpaired) electrons. The molecule has 6 atom stereocenters. The van der Waals surface area contributed by atoms with Crippen LogP contribution in [0.15, 0.2) is 48.0 Å². The van der Waals surface area contributed by atoms with E-state index in [1.54, 1.807) is 24.3 Å². The Morgan fingerprint density at radius 2 is 1.71 bits per heavy atom. The highest BCUT2D eigenvalue weighted by atomic mass is 79.9. The summed E-state index contributed by atoms with van der Waals surface area (Å²) in [6.45, 7) is 0. The third kappa shape index (κ3) is 2.73. The number of hydrogen-bond acceptors (Lipinski definition) is 5. The Balaban J connectivity index is 1.66. The Hall–Kier alpha value is -2.42. The summed E-state index contributed by atoms with van der Waals surface area (Å²) in [5.41, 5.74) is 1.26. The lowest BCUT2D eigenvalue weighted by molar-refractivity contribution is -0.138. The molecular formula is C25H19BrCl2N2O5. The van der Waals surface area contributed by atoms with Crippen molar-refractivity contribution in [2.45, 2.75) is 28.5 Å². The lowest BCUT2D eigenvalue weighted by Crippen LogP contribution is -2.60. The maximum Gasteiger partial charge on any atom is 0.254 e. The average Bonchev–Trinajstić information content (AvgIpc) is 3.21. The number of rotatable bonds is 2. The molecule has 2 N–H and O–H groups in total. The number of aromatic hydroxyl groups is 1. The van der Waals surface area contributed by atoms with E-state index < -0.39 is 51.1 Å². The van der Waals surface area contributed by atoms with Crippen LogP contribution in [0.25, 0.3) is 10.8 Å². The third-order valence-corrected chi connectivity index (χ3v) is 10.0. The lowest BCUT2D eigenvalue weighted by atomic mass is 9.56. The summed E-state index contributed by atoms with van der Waals surface area (Å²) in [5, 5.41) is 14.1. The molecule has 6 rings (SSSR count). The highest BCUT2D eigenvalue weighted by molar-refractivity contribution is 9.09. The van der Waals surface area contributed by atoms with Crippen molar-refractivity contribution < 1.29 is 24.3 Å². The van der Waals surface area contributed by atoms with Gasteiger partial charge in [-0.1, -0.05) is 57.9 Å². The van der Waals surface area contributed by atoms with E-state index in [1.165, 1.54) is 6.07 Å². The lowest BCUT2D eigenvalue weighted by Gasteiger charge is -2.51. The van der Waals surface area contributed by atoms with E-state index in [4.69, 9.17) is 23.2 Å². The van der Waals surface area contributed by atoms with Crippen LogP contribution in [0, 0.1) is 17.8 Å². The standard InChI is InChI=1S/C25H19BrCl2N2O5/c26-10-30-22(34)24(27)9-16-14(5-6-15-18(16)21(33)29-20(15)32)19(25(24,28)23(30)35)13-7-8-17(31)12-4-2-1-3-11(12)13/h1-5,7-8,15-16,18-19,31H,6,9-10H2,(H,29,32,33). The van der Waals surface area contributed by atoms with E-state index in [0.717, 1.165) is 10.5 Å². The number of allylic oxidation sites excluding steroid dienone is 2. The molecule has 2 heterocycles. The minimum atomic E-state index is -1.87. The topological polar surface area (TPSA) is 104 Å². The van der Waals surface area contributed by atoms with E-state index in [0.29, 0.717) is 22.8 Å². The minimum absolute atomic E-state index is 0.0493. The number of amides is 4. The molecule has 2 aromatic carbocycles. The first kappa shape index (κ1) is 23.0. The molecule has 0 bridgehead atoms. The molecule has 2 aliphatic heterocycles. The highest BCUT2D eigenvalue weighted by Gasteiger charge is 2.76. The average molecular weight is 578 g/mol. The van der Waals surface area contributed by atoms with Crippen LogP contribution in [-0.2, 0) is 19.2 Å². The van der Waals surface area contributed by atoms with Crippen LogP contribution in [-0.4, -0.2) is 48.8 Å². The van der Waals surface area contributed by atoms with Gasteiger partial charge >= 0.3 is 0 Å². The molecule has 4 aliphatic rings. The molecule has 0 aromatic heterocycles. The smallest absolute Gasteiger partial charge is 0.254 e. The molecule has 35 heavy (non-hydrogen) atoms. The van der Waals surface area contributed by atoms with Crippen LogP contribution in [0.3, 0.4) is 0 Å². The van der Waals surface area contributed by atoms with Crippen LogP contribution in [0.1, 0.15) is 24.3 Å². The molecule has 7 nitrogen and oxygen atoms in total. The quantitative estimate of drug-likeness (QED) is 0.246. The zero-order valence-corrected chi connectivity index (χ0v) is 21.2. The van der Waals surface area contributed by atoms with Gasteiger partial charge in [-0.05, 0) is 35.8 Å². The maximum atomic E-state index is 13.8. The molecule has 2 saturated heterocycles. The number of nitrogens with zero attached hydrogens (tertiary/aromatic N) is 1. The number of likely N-dealkylation sites (tertiary alicyclic amines) is 1. The van der Waals surface area contributed by atoms with E-state index in [2.05, 4.69) is 21.2 Å². The zero-order valence-electron chi connectivity index (χ0n) is 18.1. The number of carbonyl (C=O) groups is 4. The number of phenolic OH excluding ortho intramolecular Hbond substituents is 1. The number of hydrogen-bond donors (Lipinski definition) is 2. The van der Waals surface area contributed by atoms with Gasteiger partial charge in [-0.25, -0.2) is 0 Å². The predicted molar refractivity (Wildman–Crippen MR) is 132 cm³/mol. The summed E-state index contributed by atoms with van der Waals surface area (Å²) in [4.78, 5) is 49.9. The molecule has 10 heteroatoms. The number of imide groups is 2. The molecular weight excluding hydrogens is 559 g/mol. The van der Waals surface area contributed by atoms with Gasteiger partial charge < -0.3 is 5.11 Å². The van der Waals surface area contributed by atoms with Crippen molar-refractivity contribution >= 4 is 73.5 Å². The van der Waals surface area contributed by atoms with Gasteiger partial charge in [0, 0.05) is 11.3 Å². The minimum Gasteiger partial charge on any atom is -0.507 e. The van der Waals surface area contributed by atoms with Gasteiger partial charge in [0.05, 0.1) is 17.3 Å². The molecule has 1 saturated carbocycles. The van der Waals surface area contributed by atoms with Crippen LogP contribution >= 0.6 is 39.1 Å².